The highest BCUT2D eigenvalue weighted by atomic mass is 16.6. The first-order valence-corrected chi connectivity index (χ1v) is 8.57. The molecule has 3 aromatic rings. The quantitative estimate of drug-likeness (QED) is 0.338. The Kier molecular flexibility index (Phi) is 5.54. The van der Waals surface area contributed by atoms with Crippen LogP contribution in [0.2, 0.25) is 0 Å². The van der Waals surface area contributed by atoms with Crippen LogP contribution < -0.4 is 16.7 Å². The largest absolute Gasteiger partial charge is 0.383 e. The van der Waals surface area contributed by atoms with Crippen molar-refractivity contribution in [2.24, 2.45) is 12.1 Å². The van der Waals surface area contributed by atoms with Crippen LogP contribution >= 0.6 is 0 Å². The van der Waals surface area contributed by atoms with Crippen molar-refractivity contribution in [3.8, 4) is 0 Å². The minimum atomic E-state index is -0.582. The second-order valence-corrected chi connectivity index (χ2v) is 6.19. The van der Waals surface area contributed by atoms with Crippen molar-refractivity contribution in [2.75, 3.05) is 19.1 Å². The fraction of sp³-hybridized carbons (Fsp3) is 0.294. The van der Waals surface area contributed by atoms with Crippen LogP contribution in [0.3, 0.4) is 0 Å². The van der Waals surface area contributed by atoms with Crippen LogP contribution in [0.5, 0.6) is 0 Å². The first kappa shape index (κ1) is 19.9. The number of fused-ring (bicyclic) bond motifs is 1. The first-order chi connectivity index (χ1) is 13.8. The van der Waals surface area contributed by atoms with E-state index < -0.39 is 16.2 Å². The van der Waals surface area contributed by atoms with Gasteiger partial charge in [-0.2, -0.15) is 10.1 Å². The number of non-ortho nitro benzene ring substituents is 1. The van der Waals surface area contributed by atoms with Crippen molar-refractivity contribution in [1.82, 2.24) is 19.1 Å². The van der Waals surface area contributed by atoms with Gasteiger partial charge in [0.05, 0.1) is 17.2 Å². The van der Waals surface area contributed by atoms with Gasteiger partial charge >= 0.3 is 5.69 Å². The summed E-state index contributed by atoms with van der Waals surface area (Å²) in [6.07, 6.45) is 0. The Balaban J connectivity index is 2.04. The number of benzene rings is 1. The van der Waals surface area contributed by atoms with E-state index in [9.17, 15) is 19.7 Å². The van der Waals surface area contributed by atoms with Crippen molar-refractivity contribution >= 4 is 28.5 Å². The van der Waals surface area contributed by atoms with Crippen LogP contribution in [0.15, 0.2) is 39.0 Å². The monoisotopic (exact) mass is 401 g/mol. The second-order valence-electron chi connectivity index (χ2n) is 6.19. The van der Waals surface area contributed by atoms with Crippen LogP contribution in [0.4, 0.5) is 11.6 Å². The van der Waals surface area contributed by atoms with Crippen molar-refractivity contribution in [3.63, 3.8) is 0 Å². The van der Waals surface area contributed by atoms with E-state index in [4.69, 9.17) is 4.74 Å². The number of hydrazone groups is 1. The molecule has 0 aliphatic rings. The molecule has 0 radical (unpaired) electrons. The Morgan fingerprint density at radius 2 is 2.17 bits per heavy atom. The highest BCUT2D eigenvalue weighted by Gasteiger charge is 2.17. The molecular weight excluding hydrogens is 382 g/mol. The van der Waals surface area contributed by atoms with Crippen LogP contribution in [0.25, 0.3) is 11.2 Å². The zero-order valence-corrected chi connectivity index (χ0v) is 16.0. The molecule has 152 valence electrons. The number of nitrogens with one attached hydrogen (secondary N) is 2. The van der Waals surface area contributed by atoms with Crippen molar-refractivity contribution in [1.29, 1.82) is 0 Å². The van der Waals surface area contributed by atoms with E-state index in [2.05, 4.69) is 20.5 Å². The van der Waals surface area contributed by atoms with Gasteiger partial charge in [0.2, 0.25) is 5.95 Å². The molecule has 0 spiro atoms. The van der Waals surface area contributed by atoms with Gasteiger partial charge in [-0.3, -0.25) is 24.5 Å². The summed E-state index contributed by atoms with van der Waals surface area (Å²) in [4.78, 5) is 41.2. The van der Waals surface area contributed by atoms with Crippen molar-refractivity contribution < 1.29 is 9.66 Å². The molecule has 0 atom stereocenters. The van der Waals surface area contributed by atoms with Gasteiger partial charge in [0.1, 0.15) is 0 Å². The van der Waals surface area contributed by atoms with Gasteiger partial charge in [0.15, 0.2) is 11.2 Å². The second kappa shape index (κ2) is 8.06. The topological polar surface area (TPSA) is 149 Å². The lowest BCUT2D eigenvalue weighted by molar-refractivity contribution is -0.384. The maximum Gasteiger partial charge on any atom is 0.329 e. The van der Waals surface area contributed by atoms with E-state index in [-0.39, 0.29) is 22.8 Å². The Bertz CT molecular complexity index is 1220. The number of nitro benzene ring substituents is 1. The van der Waals surface area contributed by atoms with E-state index in [1.165, 1.54) is 30.9 Å². The molecule has 0 unspecified atom stereocenters. The number of ether oxygens (including phenoxy) is 1. The number of nitrogens with zero attached hydrogens (tertiary/aromatic N) is 5. The molecule has 0 bridgehead atoms. The molecule has 12 heteroatoms. The fourth-order valence-electron chi connectivity index (χ4n) is 2.76. The molecule has 0 aliphatic carbocycles. The molecule has 0 saturated carbocycles. The molecule has 3 rings (SSSR count). The summed E-state index contributed by atoms with van der Waals surface area (Å²) in [5, 5.41) is 15.2. The Labute approximate surface area is 163 Å². The third-order valence-corrected chi connectivity index (χ3v) is 4.32. The maximum absolute atomic E-state index is 12.3. The number of methoxy groups -OCH3 is 1. The summed E-state index contributed by atoms with van der Waals surface area (Å²) in [5.74, 6) is 0.230. The Hall–Kier alpha value is -3.80. The number of hydrogen-bond donors (Lipinski definition) is 2. The van der Waals surface area contributed by atoms with Crippen molar-refractivity contribution in [2.45, 2.75) is 13.5 Å². The third-order valence-electron chi connectivity index (χ3n) is 4.32. The summed E-state index contributed by atoms with van der Waals surface area (Å²) in [5.41, 5.74) is 3.00. The lowest BCUT2D eigenvalue weighted by atomic mass is 10.1. The zero-order valence-electron chi connectivity index (χ0n) is 16.0. The van der Waals surface area contributed by atoms with Crippen molar-refractivity contribution in [3.05, 3.63) is 60.8 Å². The average Bonchev–Trinajstić information content (AvgIpc) is 3.07. The van der Waals surface area contributed by atoms with Gasteiger partial charge in [-0.1, -0.05) is 12.1 Å². The maximum atomic E-state index is 12.3. The van der Waals surface area contributed by atoms with Crippen LogP contribution in [0.1, 0.15) is 12.5 Å². The highest BCUT2D eigenvalue weighted by Crippen LogP contribution is 2.17. The Morgan fingerprint density at radius 3 is 2.86 bits per heavy atom. The predicted octanol–water partition coefficient (Wildman–Crippen LogP) is 0.814. The van der Waals surface area contributed by atoms with Gasteiger partial charge in [-0.15, -0.1) is 0 Å². The summed E-state index contributed by atoms with van der Waals surface area (Å²) in [6, 6.07) is 6.05. The number of nitro groups is 1. The minimum absolute atomic E-state index is 0.0501. The number of rotatable bonds is 7. The lowest BCUT2D eigenvalue weighted by Crippen LogP contribution is -2.29. The number of anilines is 1. The molecule has 0 saturated heterocycles. The smallest absolute Gasteiger partial charge is 0.329 e. The standard InChI is InChI=1S/C17H19N7O5/c1-10(11-5-4-6-12(9-11)24(27)28)20-21-16-18-14-13(23(16)7-8-29-3)15(25)19-17(26)22(14)2/h4-6,9H,7-8H2,1-3H3,(H,18,21)(H,19,25,26). The molecule has 1 aromatic carbocycles. The highest BCUT2D eigenvalue weighted by molar-refractivity contribution is 5.99. The van der Waals surface area contributed by atoms with Gasteiger partial charge in [-0.05, 0) is 6.92 Å². The number of H-pyrrole nitrogens is 1. The summed E-state index contributed by atoms with van der Waals surface area (Å²) in [7, 11) is 3.02. The predicted molar refractivity (Wildman–Crippen MR) is 106 cm³/mol. The average molecular weight is 401 g/mol. The van der Waals surface area contributed by atoms with Crippen LogP contribution in [-0.2, 0) is 18.3 Å². The summed E-state index contributed by atoms with van der Waals surface area (Å²) in [6.45, 7) is 2.27. The van der Waals surface area contributed by atoms with E-state index in [1.807, 2.05) is 0 Å². The molecule has 29 heavy (non-hydrogen) atoms. The van der Waals surface area contributed by atoms with E-state index in [0.29, 0.717) is 24.4 Å². The van der Waals surface area contributed by atoms with E-state index >= 15 is 0 Å². The molecule has 2 aromatic heterocycles. The minimum Gasteiger partial charge on any atom is -0.383 e. The number of hydrogen-bond acceptors (Lipinski definition) is 8. The SMILES string of the molecule is COCCn1c(NN=C(C)c2cccc([N+](=O)[O-])c2)nc2c1c(=O)[nH]c(=O)n2C. The van der Waals surface area contributed by atoms with Gasteiger partial charge in [-0.25, -0.2) is 10.2 Å². The summed E-state index contributed by atoms with van der Waals surface area (Å²) < 4.78 is 7.87. The van der Waals surface area contributed by atoms with Gasteiger partial charge in [0.25, 0.3) is 11.2 Å². The normalized spacial score (nSPS) is 11.8. The number of aromatic nitrogens is 4. The van der Waals surface area contributed by atoms with Gasteiger partial charge in [0, 0.05) is 38.4 Å². The first-order valence-electron chi connectivity index (χ1n) is 8.57. The number of imidazole rings is 1. The zero-order chi connectivity index (χ0) is 21.1. The van der Waals surface area contributed by atoms with Gasteiger partial charge < -0.3 is 9.30 Å². The van der Waals surface area contributed by atoms with E-state index in [1.54, 1.807) is 23.6 Å². The number of aryl methyl sites for hydroxylation is 1. The molecule has 2 heterocycles. The van der Waals surface area contributed by atoms with E-state index in [0.717, 1.165) is 0 Å². The third kappa shape index (κ3) is 3.91. The number of aromatic amines is 1. The molecule has 0 aliphatic heterocycles. The van der Waals surface area contributed by atoms with Crippen LogP contribution in [-0.4, -0.2) is 43.5 Å². The molecule has 0 fully saturated rings. The molecule has 12 nitrogen and oxygen atoms in total. The fourth-order valence-corrected chi connectivity index (χ4v) is 2.76. The lowest BCUT2D eigenvalue weighted by Gasteiger charge is -2.08. The molecule has 0 amide bonds. The Morgan fingerprint density at radius 1 is 1.41 bits per heavy atom. The summed E-state index contributed by atoms with van der Waals surface area (Å²) >= 11 is 0. The molecule has 2 N–H and O–H groups in total. The van der Waals surface area contributed by atoms with Crippen LogP contribution in [0, 0.1) is 10.1 Å². The molecular formula is C17H19N7O5.